The Bertz CT molecular complexity index is 855. The molecule has 0 aliphatic heterocycles. The number of benzene rings is 1. The standard InChI is InChI=1S/C17H24N4O2S/c1-12-8-9-13-6-5-7-15(14(13)10-12)21-11-16(18-20-21)17(2,3)19-24(4,22)23/h8-11,15,19H,5-7H2,1-4H3/t15-/m1/s1. The fourth-order valence-corrected chi connectivity index (χ4v) is 4.43. The molecule has 0 bridgehead atoms. The Morgan fingerprint density at radius 2 is 2.08 bits per heavy atom. The van der Waals surface area contributed by atoms with Crippen LogP contribution in [0.25, 0.3) is 0 Å². The molecule has 0 saturated carbocycles. The highest BCUT2D eigenvalue weighted by Gasteiger charge is 2.30. The molecule has 1 heterocycles. The van der Waals surface area contributed by atoms with Crippen molar-refractivity contribution < 1.29 is 8.42 Å². The molecule has 0 unspecified atom stereocenters. The van der Waals surface area contributed by atoms with Gasteiger partial charge in [-0.1, -0.05) is 29.0 Å². The summed E-state index contributed by atoms with van der Waals surface area (Å²) in [4.78, 5) is 0. The van der Waals surface area contributed by atoms with Gasteiger partial charge >= 0.3 is 0 Å². The number of hydrogen-bond donors (Lipinski definition) is 1. The van der Waals surface area contributed by atoms with E-state index in [0.29, 0.717) is 5.69 Å². The van der Waals surface area contributed by atoms with Crippen molar-refractivity contribution in [2.75, 3.05) is 6.26 Å². The molecule has 0 saturated heterocycles. The number of nitrogens with zero attached hydrogens (tertiary/aromatic N) is 3. The van der Waals surface area contributed by atoms with E-state index >= 15 is 0 Å². The Balaban J connectivity index is 1.94. The van der Waals surface area contributed by atoms with Crippen molar-refractivity contribution in [3.8, 4) is 0 Å². The highest BCUT2D eigenvalue weighted by atomic mass is 32.2. The van der Waals surface area contributed by atoms with Gasteiger partial charge in [0.15, 0.2) is 0 Å². The van der Waals surface area contributed by atoms with Gasteiger partial charge in [0, 0.05) is 0 Å². The molecule has 130 valence electrons. The van der Waals surface area contributed by atoms with Gasteiger partial charge in [-0.05, 0) is 51.2 Å². The van der Waals surface area contributed by atoms with E-state index < -0.39 is 15.6 Å². The number of fused-ring (bicyclic) bond motifs is 1. The molecule has 2 aromatic rings. The summed E-state index contributed by atoms with van der Waals surface area (Å²) in [5, 5.41) is 8.53. The average molecular weight is 348 g/mol. The molecular formula is C17H24N4O2S. The summed E-state index contributed by atoms with van der Waals surface area (Å²) in [6.07, 6.45) is 6.23. The first kappa shape index (κ1) is 17.1. The topological polar surface area (TPSA) is 76.9 Å². The van der Waals surface area contributed by atoms with Crippen LogP contribution in [-0.2, 0) is 22.0 Å². The SMILES string of the molecule is Cc1ccc2c(c1)[C@H](n1cc(C(C)(C)NS(C)(=O)=O)nn1)CCC2. The molecule has 0 fully saturated rings. The minimum atomic E-state index is -3.33. The Kier molecular flexibility index (Phi) is 4.25. The third kappa shape index (κ3) is 3.52. The second kappa shape index (κ2) is 5.97. The normalized spacial score (nSPS) is 18.4. The quantitative estimate of drug-likeness (QED) is 0.920. The van der Waals surface area contributed by atoms with Crippen LogP contribution in [-0.4, -0.2) is 29.7 Å². The number of aromatic nitrogens is 3. The smallest absolute Gasteiger partial charge is 0.209 e. The van der Waals surface area contributed by atoms with Gasteiger partial charge in [0.05, 0.1) is 24.0 Å². The second-order valence-corrected chi connectivity index (χ2v) is 8.94. The van der Waals surface area contributed by atoms with Crippen molar-refractivity contribution in [1.29, 1.82) is 0 Å². The molecular weight excluding hydrogens is 324 g/mol. The fourth-order valence-electron chi connectivity index (χ4n) is 3.40. The predicted octanol–water partition coefficient (Wildman–Crippen LogP) is 2.30. The van der Waals surface area contributed by atoms with Crippen molar-refractivity contribution in [2.24, 2.45) is 0 Å². The first-order chi connectivity index (χ1) is 11.2. The average Bonchev–Trinajstić information content (AvgIpc) is 2.94. The van der Waals surface area contributed by atoms with Crippen LogP contribution < -0.4 is 4.72 Å². The molecule has 0 radical (unpaired) electrons. The van der Waals surface area contributed by atoms with Gasteiger partial charge in [0.25, 0.3) is 0 Å². The predicted molar refractivity (Wildman–Crippen MR) is 93.3 cm³/mol. The molecule has 1 aromatic heterocycles. The van der Waals surface area contributed by atoms with E-state index in [1.54, 1.807) is 13.8 Å². The summed E-state index contributed by atoms with van der Waals surface area (Å²) < 4.78 is 27.6. The molecule has 1 aromatic carbocycles. The molecule has 1 N–H and O–H groups in total. The van der Waals surface area contributed by atoms with Crippen LogP contribution in [0.1, 0.15) is 55.1 Å². The fraction of sp³-hybridized carbons (Fsp3) is 0.529. The Morgan fingerprint density at radius 1 is 1.33 bits per heavy atom. The van der Waals surface area contributed by atoms with Crippen LogP contribution in [0.5, 0.6) is 0 Å². The van der Waals surface area contributed by atoms with Crippen molar-refractivity contribution in [1.82, 2.24) is 19.7 Å². The number of rotatable bonds is 4. The molecule has 24 heavy (non-hydrogen) atoms. The zero-order valence-corrected chi connectivity index (χ0v) is 15.4. The Morgan fingerprint density at radius 3 is 2.79 bits per heavy atom. The maximum atomic E-state index is 11.6. The number of nitrogens with one attached hydrogen (secondary N) is 1. The van der Waals surface area contributed by atoms with Crippen molar-refractivity contribution in [2.45, 2.75) is 51.6 Å². The van der Waals surface area contributed by atoms with Gasteiger partial charge in [-0.2, -0.15) is 0 Å². The lowest BCUT2D eigenvalue weighted by Gasteiger charge is -2.26. The van der Waals surface area contributed by atoms with E-state index in [1.165, 1.54) is 16.7 Å². The molecule has 7 heteroatoms. The third-order valence-corrected chi connectivity index (χ3v) is 5.38. The summed E-state index contributed by atoms with van der Waals surface area (Å²) >= 11 is 0. The van der Waals surface area contributed by atoms with E-state index in [2.05, 4.69) is 40.2 Å². The monoisotopic (exact) mass is 348 g/mol. The van der Waals surface area contributed by atoms with Crippen LogP contribution in [0, 0.1) is 6.92 Å². The van der Waals surface area contributed by atoms with Gasteiger partial charge in [-0.25, -0.2) is 17.8 Å². The highest BCUT2D eigenvalue weighted by molar-refractivity contribution is 7.88. The molecule has 3 rings (SSSR count). The van der Waals surface area contributed by atoms with Gasteiger partial charge in [-0.3, -0.25) is 0 Å². The van der Waals surface area contributed by atoms with E-state index in [1.807, 2.05) is 10.9 Å². The van der Waals surface area contributed by atoms with E-state index in [9.17, 15) is 8.42 Å². The van der Waals surface area contributed by atoms with Gasteiger partial charge < -0.3 is 0 Å². The first-order valence-electron chi connectivity index (χ1n) is 8.16. The van der Waals surface area contributed by atoms with Crippen molar-refractivity contribution in [3.05, 3.63) is 46.8 Å². The van der Waals surface area contributed by atoms with E-state index in [0.717, 1.165) is 25.5 Å². The first-order valence-corrected chi connectivity index (χ1v) is 10.1. The molecule has 1 atom stereocenters. The molecule has 1 aliphatic rings. The largest absolute Gasteiger partial charge is 0.245 e. The molecule has 0 amide bonds. The lowest BCUT2D eigenvalue weighted by molar-refractivity contribution is 0.440. The zero-order valence-electron chi connectivity index (χ0n) is 14.6. The van der Waals surface area contributed by atoms with Gasteiger partial charge in [0.1, 0.15) is 5.69 Å². The molecule has 6 nitrogen and oxygen atoms in total. The zero-order chi connectivity index (χ0) is 17.5. The summed E-state index contributed by atoms with van der Waals surface area (Å²) in [5.41, 5.74) is 3.72. The number of aryl methyl sites for hydroxylation is 2. The highest BCUT2D eigenvalue weighted by Crippen LogP contribution is 2.33. The summed E-state index contributed by atoms with van der Waals surface area (Å²) in [7, 11) is -3.33. The molecule has 1 aliphatic carbocycles. The van der Waals surface area contributed by atoms with Gasteiger partial charge in [0.2, 0.25) is 10.0 Å². The van der Waals surface area contributed by atoms with E-state index in [-0.39, 0.29) is 6.04 Å². The Hall–Kier alpha value is -1.73. The van der Waals surface area contributed by atoms with Crippen LogP contribution in [0.4, 0.5) is 0 Å². The summed E-state index contributed by atoms with van der Waals surface area (Å²) in [6.45, 7) is 5.68. The maximum absolute atomic E-state index is 11.6. The summed E-state index contributed by atoms with van der Waals surface area (Å²) in [6, 6.07) is 6.72. The van der Waals surface area contributed by atoms with E-state index in [4.69, 9.17) is 0 Å². The minimum absolute atomic E-state index is 0.156. The van der Waals surface area contributed by atoms with Crippen molar-refractivity contribution in [3.63, 3.8) is 0 Å². The second-order valence-electron chi connectivity index (χ2n) is 7.19. The van der Waals surface area contributed by atoms with Crippen LogP contribution in [0.15, 0.2) is 24.4 Å². The van der Waals surface area contributed by atoms with Crippen LogP contribution >= 0.6 is 0 Å². The summed E-state index contributed by atoms with van der Waals surface area (Å²) in [5.74, 6) is 0. The van der Waals surface area contributed by atoms with Crippen molar-refractivity contribution >= 4 is 10.0 Å². The Labute approximate surface area is 143 Å². The van der Waals surface area contributed by atoms with Crippen LogP contribution in [0.3, 0.4) is 0 Å². The van der Waals surface area contributed by atoms with Gasteiger partial charge in [-0.15, -0.1) is 5.10 Å². The number of sulfonamides is 1. The molecule has 0 spiro atoms. The lowest BCUT2D eigenvalue weighted by Crippen LogP contribution is -2.40. The third-order valence-electron chi connectivity index (χ3n) is 4.49. The van der Waals surface area contributed by atoms with Crippen LogP contribution in [0.2, 0.25) is 0 Å². The number of hydrogen-bond acceptors (Lipinski definition) is 4. The minimum Gasteiger partial charge on any atom is -0.245 e. The lowest BCUT2D eigenvalue weighted by atomic mass is 9.87. The maximum Gasteiger partial charge on any atom is 0.209 e.